The standard InChI is InChI=1S/C25H25N3O/c1-17-9-5-8-12-21(17)28-23(16-22(27-28)25(2,3)4)26-24(29)20-14-13-18-10-6-7-11-19(18)15-20/h5-16H,1-4H3,(H,26,29). The maximum atomic E-state index is 13.0. The summed E-state index contributed by atoms with van der Waals surface area (Å²) in [6, 6.07) is 23.8. The highest BCUT2D eigenvalue weighted by atomic mass is 16.1. The third-order valence-corrected chi connectivity index (χ3v) is 5.07. The molecule has 0 saturated heterocycles. The number of carbonyl (C=O) groups is 1. The number of anilines is 1. The van der Waals surface area contributed by atoms with Crippen LogP contribution in [0.15, 0.2) is 72.8 Å². The van der Waals surface area contributed by atoms with E-state index in [9.17, 15) is 4.79 Å². The molecule has 0 bridgehead atoms. The van der Waals surface area contributed by atoms with E-state index in [1.54, 1.807) is 0 Å². The van der Waals surface area contributed by atoms with E-state index in [1.165, 1.54) is 0 Å². The SMILES string of the molecule is Cc1ccccc1-n1nc(C(C)(C)C)cc1NC(=O)c1ccc2ccccc2c1. The highest BCUT2D eigenvalue weighted by Gasteiger charge is 2.22. The van der Waals surface area contributed by atoms with Gasteiger partial charge in [0, 0.05) is 17.0 Å². The van der Waals surface area contributed by atoms with Gasteiger partial charge in [-0.1, -0.05) is 69.3 Å². The van der Waals surface area contributed by atoms with Crippen molar-refractivity contribution in [3.8, 4) is 5.69 Å². The quantitative estimate of drug-likeness (QED) is 0.480. The Morgan fingerprint density at radius 1 is 0.897 bits per heavy atom. The van der Waals surface area contributed by atoms with Crippen molar-refractivity contribution in [2.45, 2.75) is 33.1 Å². The molecule has 29 heavy (non-hydrogen) atoms. The molecule has 1 amide bonds. The van der Waals surface area contributed by atoms with Gasteiger partial charge in [-0.3, -0.25) is 4.79 Å². The van der Waals surface area contributed by atoms with E-state index < -0.39 is 0 Å². The molecule has 0 aliphatic carbocycles. The van der Waals surface area contributed by atoms with Gasteiger partial charge in [0.15, 0.2) is 0 Å². The van der Waals surface area contributed by atoms with Crippen molar-refractivity contribution in [3.05, 3.63) is 89.6 Å². The summed E-state index contributed by atoms with van der Waals surface area (Å²) in [5.74, 6) is 0.522. The molecule has 0 aliphatic rings. The molecule has 146 valence electrons. The first-order valence-electron chi connectivity index (χ1n) is 9.80. The van der Waals surface area contributed by atoms with Crippen LogP contribution in [0.25, 0.3) is 16.5 Å². The van der Waals surface area contributed by atoms with Crippen molar-refractivity contribution in [2.24, 2.45) is 0 Å². The van der Waals surface area contributed by atoms with Gasteiger partial charge in [-0.05, 0) is 41.5 Å². The largest absolute Gasteiger partial charge is 0.306 e. The number of nitrogens with one attached hydrogen (secondary N) is 1. The van der Waals surface area contributed by atoms with Crippen molar-refractivity contribution in [3.63, 3.8) is 0 Å². The first kappa shape index (κ1) is 18.9. The minimum absolute atomic E-state index is 0.129. The van der Waals surface area contributed by atoms with E-state index in [-0.39, 0.29) is 11.3 Å². The van der Waals surface area contributed by atoms with Gasteiger partial charge in [0.2, 0.25) is 0 Å². The van der Waals surface area contributed by atoms with Crippen LogP contribution in [-0.2, 0) is 5.41 Å². The Morgan fingerprint density at radius 3 is 2.31 bits per heavy atom. The smallest absolute Gasteiger partial charge is 0.256 e. The zero-order valence-electron chi connectivity index (χ0n) is 17.2. The van der Waals surface area contributed by atoms with Crippen LogP contribution in [0.4, 0.5) is 5.82 Å². The normalized spacial score (nSPS) is 11.6. The van der Waals surface area contributed by atoms with E-state index in [0.717, 1.165) is 27.7 Å². The van der Waals surface area contributed by atoms with Crippen LogP contribution in [0.5, 0.6) is 0 Å². The Balaban J connectivity index is 1.74. The van der Waals surface area contributed by atoms with Crippen molar-refractivity contribution in [1.82, 2.24) is 9.78 Å². The summed E-state index contributed by atoms with van der Waals surface area (Å²) in [4.78, 5) is 13.0. The molecule has 0 aliphatic heterocycles. The van der Waals surface area contributed by atoms with Gasteiger partial charge in [0.1, 0.15) is 5.82 Å². The van der Waals surface area contributed by atoms with Crippen LogP contribution in [0.2, 0.25) is 0 Å². The number of para-hydroxylation sites is 1. The molecule has 1 heterocycles. The average molecular weight is 383 g/mol. The minimum atomic E-state index is -0.147. The zero-order chi connectivity index (χ0) is 20.6. The fourth-order valence-corrected chi connectivity index (χ4v) is 3.34. The van der Waals surface area contributed by atoms with E-state index in [1.807, 2.05) is 84.4 Å². The van der Waals surface area contributed by atoms with Crippen LogP contribution in [0.1, 0.15) is 42.4 Å². The highest BCUT2D eigenvalue weighted by molar-refractivity contribution is 6.06. The number of amides is 1. The monoisotopic (exact) mass is 383 g/mol. The fraction of sp³-hybridized carbons (Fsp3) is 0.200. The van der Waals surface area contributed by atoms with Gasteiger partial charge in [0.25, 0.3) is 5.91 Å². The average Bonchev–Trinajstić information content (AvgIpc) is 3.12. The van der Waals surface area contributed by atoms with Crippen LogP contribution in [0.3, 0.4) is 0 Å². The maximum Gasteiger partial charge on any atom is 0.256 e. The first-order valence-corrected chi connectivity index (χ1v) is 9.80. The molecule has 0 atom stereocenters. The summed E-state index contributed by atoms with van der Waals surface area (Å²) in [6.45, 7) is 8.40. The molecule has 4 heteroatoms. The summed E-state index contributed by atoms with van der Waals surface area (Å²) in [7, 11) is 0. The number of carbonyl (C=O) groups excluding carboxylic acids is 1. The number of aryl methyl sites for hydroxylation is 1. The number of aromatic nitrogens is 2. The van der Waals surface area contributed by atoms with Crippen molar-refractivity contribution < 1.29 is 4.79 Å². The third-order valence-electron chi connectivity index (χ3n) is 5.07. The minimum Gasteiger partial charge on any atom is -0.306 e. The fourth-order valence-electron chi connectivity index (χ4n) is 3.34. The molecule has 4 nitrogen and oxygen atoms in total. The molecular weight excluding hydrogens is 358 g/mol. The lowest BCUT2D eigenvalue weighted by molar-refractivity contribution is 0.102. The number of nitrogens with zero attached hydrogens (tertiary/aromatic N) is 2. The Hall–Kier alpha value is -3.40. The van der Waals surface area contributed by atoms with E-state index in [0.29, 0.717) is 11.4 Å². The summed E-state index contributed by atoms with van der Waals surface area (Å²) in [6.07, 6.45) is 0. The maximum absolute atomic E-state index is 13.0. The molecule has 0 saturated carbocycles. The van der Waals surface area contributed by atoms with Crippen LogP contribution >= 0.6 is 0 Å². The highest BCUT2D eigenvalue weighted by Crippen LogP contribution is 2.28. The molecule has 4 rings (SSSR count). The molecule has 0 spiro atoms. The predicted octanol–water partition coefficient (Wildman–Crippen LogP) is 5.88. The number of benzene rings is 3. The van der Waals surface area contributed by atoms with E-state index in [4.69, 9.17) is 5.10 Å². The summed E-state index contributed by atoms with van der Waals surface area (Å²) in [5, 5.41) is 10.0. The van der Waals surface area contributed by atoms with Crippen LogP contribution in [-0.4, -0.2) is 15.7 Å². The van der Waals surface area contributed by atoms with E-state index in [2.05, 4.69) is 26.1 Å². The summed E-state index contributed by atoms with van der Waals surface area (Å²) in [5.41, 5.74) is 3.47. The molecule has 0 fully saturated rings. The van der Waals surface area contributed by atoms with Gasteiger partial charge < -0.3 is 5.32 Å². The van der Waals surface area contributed by atoms with Gasteiger partial charge in [-0.2, -0.15) is 5.10 Å². The second-order valence-electron chi connectivity index (χ2n) is 8.38. The second kappa shape index (κ2) is 7.21. The van der Waals surface area contributed by atoms with Crippen LogP contribution in [0, 0.1) is 6.92 Å². The van der Waals surface area contributed by atoms with Gasteiger partial charge in [-0.15, -0.1) is 0 Å². The topological polar surface area (TPSA) is 46.9 Å². The van der Waals surface area contributed by atoms with Crippen molar-refractivity contribution >= 4 is 22.5 Å². The van der Waals surface area contributed by atoms with Crippen LogP contribution < -0.4 is 5.32 Å². The number of rotatable bonds is 3. The lowest BCUT2D eigenvalue weighted by Gasteiger charge is -2.14. The van der Waals surface area contributed by atoms with Gasteiger partial charge in [-0.25, -0.2) is 4.68 Å². The Labute approximate surface area is 171 Å². The molecule has 4 aromatic rings. The Morgan fingerprint density at radius 2 is 1.59 bits per heavy atom. The predicted molar refractivity (Wildman–Crippen MR) is 119 cm³/mol. The molecule has 3 aromatic carbocycles. The Kier molecular flexibility index (Phi) is 4.71. The first-order chi connectivity index (χ1) is 13.8. The third kappa shape index (κ3) is 3.79. The zero-order valence-corrected chi connectivity index (χ0v) is 17.2. The molecule has 1 aromatic heterocycles. The second-order valence-corrected chi connectivity index (χ2v) is 8.38. The van der Waals surface area contributed by atoms with Crippen molar-refractivity contribution in [1.29, 1.82) is 0 Å². The summed E-state index contributed by atoms with van der Waals surface area (Å²) >= 11 is 0. The number of fused-ring (bicyclic) bond motifs is 1. The lowest BCUT2D eigenvalue weighted by atomic mass is 9.92. The van der Waals surface area contributed by atoms with Gasteiger partial charge in [0.05, 0.1) is 11.4 Å². The Bertz CT molecular complexity index is 1200. The lowest BCUT2D eigenvalue weighted by Crippen LogP contribution is -2.15. The molecule has 1 N–H and O–H groups in total. The van der Waals surface area contributed by atoms with E-state index >= 15 is 0 Å². The van der Waals surface area contributed by atoms with Crippen molar-refractivity contribution in [2.75, 3.05) is 5.32 Å². The molecular formula is C25H25N3O. The number of hydrogen-bond donors (Lipinski definition) is 1. The number of hydrogen-bond acceptors (Lipinski definition) is 2. The summed E-state index contributed by atoms with van der Waals surface area (Å²) < 4.78 is 1.83. The molecule has 0 radical (unpaired) electrons. The molecule has 0 unspecified atom stereocenters. The van der Waals surface area contributed by atoms with Gasteiger partial charge >= 0.3 is 0 Å².